The first-order valence-corrected chi connectivity index (χ1v) is 6.76. The van der Waals surface area contributed by atoms with Crippen molar-refractivity contribution in [2.75, 3.05) is 0 Å². The fourth-order valence-electron chi connectivity index (χ4n) is 2.58. The van der Waals surface area contributed by atoms with Gasteiger partial charge in [-0.2, -0.15) is 0 Å². The average molecular weight is 255 g/mol. The van der Waals surface area contributed by atoms with E-state index in [2.05, 4.69) is 19.1 Å². The maximum atomic E-state index is 9.57. The van der Waals surface area contributed by atoms with E-state index in [-0.39, 0.29) is 5.54 Å². The van der Waals surface area contributed by atoms with E-state index < -0.39 is 0 Å². The maximum Gasteiger partial charge on any atom is 0.115 e. The largest absolute Gasteiger partial charge is 0.508 e. The van der Waals surface area contributed by atoms with Crippen LogP contribution in [0.5, 0.6) is 5.75 Å². The van der Waals surface area contributed by atoms with Gasteiger partial charge in [-0.15, -0.1) is 0 Å². The van der Waals surface area contributed by atoms with Gasteiger partial charge in [0.1, 0.15) is 5.75 Å². The third kappa shape index (κ3) is 3.36. The molecule has 0 aromatic heterocycles. The van der Waals surface area contributed by atoms with Crippen molar-refractivity contribution in [3.63, 3.8) is 0 Å². The molecule has 0 heterocycles. The minimum Gasteiger partial charge on any atom is -0.508 e. The summed E-state index contributed by atoms with van der Waals surface area (Å²) in [5, 5.41) is 9.57. The standard InChI is InChI=1S/C17H21NO/c1-2-11-17(18,15-8-4-3-5-9-15)13-14-7-6-10-16(19)12-14/h3-10,12,19H,2,11,13,18H2,1H3. The molecule has 0 aliphatic carbocycles. The minimum atomic E-state index is -0.371. The molecule has 100 valence electrons. The number of rotatable bonds is 5. The molecule has 0 spiro atoms. The van der Waals surface area contributed by atoms with E-state index in [1.54, 1.807) is 12.1 Å². The first kappa shape index (κ1) is 13.6. The number of phenols is 1. The van der Waals surface area contributed by atoms with Crippen LogP contribution in [0.25, 0.3) is 0 Å². The second-order valence-electron chi connectivity index (χ2n) is 5.12. The van der Waals surface area contributed by atoms with Crippen LogP contribution in [0.3, 0.4) is 0 Å². The summed E-state index contributed by atoms with van der Waals surface area (Å²) in [5.74, 6) is 0.296. The molecule has 0 saturated heterocycles. The quantitative estimate of drug-likeness (QED) is 0.857. The molecule has 0 saturated carbocycles. The monoisotopic (exact) mass is 255 g/mol. The highest BCUT2D eigenvalue weighted by Crippen LogP contribution is 2.28. The number of nitrogens with two attached hydrogens (primary N) is 1. The third-order valence-corrected chi connectivity index (χ3v) is 3.47. The molecule has 2 nitrogen and oxygen atoms in total. The van der Waals surface area contributed by atoms with Gasteiger partial charge < -0.3 is 10.8 Å². The van der Waals surface area contributed by atoms with Crippen LogP contribution in [0.2, 0.25) is 0 Å². The zero-order valence-corrected chi connectivity index (χ0v) is 11.3. The summed E-state index contributed by atoms with van der Waals surface area (Å²) < 4.78 is 0. The second kappa shape index (κ2) is 5.89. The van der Waals surface area contributed by atoms with Gasteiger partial charge in [-0.25, -0.2) is 0 Å². The Bertz CT molecular complexity index is 524. The summed E-state index contributed by atoms with van der Waals surface area (Å²) in [6.45, 7) is 2.15. The van der Waals surface area contributed by atoms with Crippen molar-refractivity contribution >= 4 is 0 Å². The molecule has 2 aromatic carbocycles. The number of hydrogen-bond donors (Lipinski definition) is 2. The lowest BCUT2D eigenvalue weighted by molar-refractivity contribution is 0.399. The summed E-state index contributed by atoms with van der Waals surface area (Å²) in [7, 11) is 0. The van der Waals surface area contributed by atoms with Crippen molar-refractivity contribution in [1.82, 2.24) is 0 Å². The van der Waals surface area contributed by atoms with Crippen molar-refractivity contribution < 1.29 is 5.11 Å². The van der Waals surface area contributed by atoms with E-state index in [1.165, 1.54) is 0 Å². The Morgan fingerprint density at radius 3 is 2.42 bits per heavy atom. The van der Waals surface area contributed by atoms with Crippen LogP contribution in [0, 0.1) is 0 Å². The van der Waals surface area contributed by atoms with Crippen LogP contribution < -0.4 is 5.73 Å². The van der Waals surface area contributed by atoms with Crippen LogP contribution in [0.15, 0.2) is 54.6 Å². The molecule has 19 heavy (non-hydrogen) atoms. The van der Waals surface area contributed by atoms with Crippen LogP contribution in [-0.2, 0) is 12.0 Å². The first-order valence-electron chi connectivity index (χ1n) is 6.76. The van der Waals surface area contributed by atoms with Gasteiger partial charge in [-0.3, -0.25) is 0 Å². The van der Waals surface area contributed by atoms with Gasteiger partial charge in [0.2, 0.25) is 0 Å². The molecule has 1 unspecified atom stereocenters. The van der Waals surface area contributed by atoms with Gasteiger partial charge in [0, 0.05) is 5.54 Å². The number of benzene rings is 2. The lowest BCUT2D eigenvalue weighted by atomic mass is 9.81. The summed E-state index contributed by atoms with van der Waals surface area (Å²) in [6, 6.07) is 17.6. The van der Waals surface area contributed by atoms with Crippen molar-refractivity contribution in [2.24, 2.45) is 5.73 Å². The second-order valence-corrected chi connectivity index (χ2v) is 5.12. The van der Waals surface area contributed by atoms with Crippen LogP contribution in [-0.4, -0.2) is 5.11 Å². The van der Waals surface area contributed by atoms with Gasteiger partial charge in [0.25, 0.3) is 0 Å². The normalized spacial score (nSPS) is 14.0. The van der Waals surface area contributed by atoms with Crippen LogP contribution >= 0.6 is 0 Å². The smallest absolute Gasteiger partial charge is 0.115 e. The van der Waals surface area contributed by atoms with Gasteiger partial charge >= 0.3 is 0 Å². The van der Waals surface area contributed by atoms with Gasteiger partial charge in [0.15, 0.2) is 0 Å². The highest BCUT2D eigenvalue weighted by molar-refractivity contribution is 5.32. The predicted molar refractivity (Wildman–Crippen MR) is 79.0 cm³/mol. The maximum absolute atomic E-state index is 9.57. The molecule has 0 radical (unpaired) electrons. The summed E-state index contributed by atoms with van der Waals surface area (Å²) in [5.41, 5.74) is 8.48. The highest BCUT2D eigenvalue weighted by Gasteiger charge is 2.26. The first-order chi connectivity index (χ1) is 9.14. The number of phenolic OH excluding ortho intramolecular Hbond substituents is 1. The lowest BCUT2D eigenvalue weighted by Crippen LogP contribution is -2.38. The Morgan fingerprint density at radius 1 is 1.05 bits per heavy atom. The van der Waals surface area contributed by atoms with E-state index in [0.717, 1.165) is 30.4 Å². The Hall–Kier alpha value is -1.80. The molecule has 3 N–H and O–H groups in total. The predicted octanol–water partition coefficient (Wildman–Crippen LogP) is 3.59. The molecule has 2 rings (SSSR count). The topological polar surface area (TPSA) is 46.2 Å². The molecule has 2 heteroatoms. The lowest BCUT2D eigenvalue weighted by Gasteiger charge is -2.30. The SMILES string of the molecule is CCCC(N)(Cc1cccc(O)c1)c1ccccc1. The fourth-order valence-corrected chi connectivity index (χ4v) is 2.58. The van der Waals surface area contributed by atoms with Gasteiger partial charge in [-0.1, -0.05) is 55.8 Å². The van der Waals surface area contributed by atoms with E-state index in [4.69, 9.17) is 5.73 Å². The molecule has 0 fully saturated rings. The minimum absolute atomic E-state index is 0.296. The molecule has 0 aliphatic heterocycles. The Labute approximate surface area is 114 Å². The van der Waals surface area contributed by atoms with E-state index in [0.29, 0.717) is 5.75 Å². The number of aromatic hydroxyl groups is 1. The van der Waals surface area contributed by atoms with E-state index in [9.17, 15) is 5.11 Å². The molecule has 0 amide bonds. The molecular formula is C17H21NO. The van der Waals surface area contributed by atoms with E-state index >= 15 is 0 Å². The van der Waals surface area contributed by atoms with Crippen LogP contribution in [0.1, 0.15) is 30.9 Å². The summed E-state index contributed by atoms with van der Waals surface area (Å²) >= 11 is 0. The Kier molecular flexibility index (Phi) is 4.23. The van der Waals surface area contributed by atoms with Gasteiger partial charge in [0.05, 0.1) is 0 Å². The van der Waals surface area contributed by atoms with Crippen molar-refractivity contribution in [1.29, 1.82) is 0 Å². The molecule has 0 aliphatic rings. The molecule has 0 bridgehead atoms. The Morgan fingerprint density at radius 2 is 1.79 bits per heavy atom. The zero-order valence-electron chi connectivity index (χ0n) is 11.3. The van der Waals surface area contributed by atoms with E-state index in [1.807, 2.05) is 30.3 Å². The fraction of sp³-hybridized carbons (Fsp3) is 0.294. The van der Waals surface area contributed by atoms with Crippen molar-refractivity contribution in [3.8, 4) is 5.75 Å². The zero-order chi connectivity index (χ0) is 13.7. The molecule has 2 aromatic rings. The highest BCUT2D eigenvalue weighted by atomic mass is 16.3. The summed E-state index contributed by atoms with van der Waals surface area (Å²) in [4.78, 5) is 0. The third-order valence-electron chi connectivity index (χ3n) is 3.47. The average Bonchev–Trinajstić information content (AvgIpc) is 2.40. The summed E-state index contributed by atoms with van der Waals surface area (Å²) in [6.07, 6.45) is 2.69. The Balaban J connectivity index is 2.30. The van der Waals surface area contributed by atoms with Crippen molar-refractivity contribution in [2.45, 2.75) is 31.7 Å². The van der Waals surface area contributed by atoms with Gasteiger partial charge in [-0.05, 0) is 36.1 Å². The molecular weight excluding hydrogens is 234 g/mol. The van der Waals surface area contributed by atoms with Crippen LogP contribution in [0.4, 0.5) is 0 Å². The van der Waals surface area contributed by atoms with Crippen molar-refractivity contribution in [3.05, 3.63) is 65.7 Å². The number of hydrogen-bond acceptors (Lipinski definition) is 2. The molecule has 1 atom stereocenters.